The molecule has 0 amide bonds. The normalized spacial score (nSPS) is 21.6. The molecule has 0 radical (unpaired) electrons. The molecule has 3 nitrogen and oxygen atoms in total. The molecule has 1 aromatic carbocycles. The van der Waals surface area contributed by atoms with Crippen LogP contribution in [0.1, 0.15) is 24.4 Å². The number of nitrogens with zero attached hydrogens (tertiary/aromatic N) is 2. The third kappa shape index (κ3) is 3.31. The Hall–Kier alpha value is -0.680. The molecule has 1 saturated heterocycles. The summed E-state index contributed by atoms with van der Waals surface area (Å²) in [4.78, 5) is 4.48. The summed E-state index contributed by atoms with van der Waals surface area (Å²) in [5, 5.41) is 0.468. The van der Waals surface area contributed by atoms with Crippen molar-refractivity contribution in [2.75, 3.05) is 33.7 Å². The van der Waals surface area contributed by atoms with Crippen molar-refractivity contribution in [3.63, 3.8) is 0 Å². The third-order valence-corrected chi connectivity index (χ3v) is 4.28. The molecule has 2 rings (SSSR count). The van der Waals surface area contributed by atoms with Gasteiger partial charge in [0.25, 0.3) is 0 Å². The summed E-state index contributed by atoms with van der Waals surface area (Å²) < 4.78 is 14.2. The van der Waals surface area contributed by atoms with Crippen LogP contribution in [0.2, 0.25) is 5.02 Å². The van der Waals surface area contributed by atoms with E-state index in [1.807, 2.05) is 0 Å². The SMILES string of the molecule is CN(C)CC1CCCN1C(CN)c1c(F)cccc1Cl. The zero-order valence-corrected chi connectivity index (χ0v) is 12.9. The molecule has 1 aliphatic heterocycles. The Balaban J connectivity index is 2.27. The van der Waals surface area contributed by atoms with Crippen molar-refractivity contribution in [2.24, 2.45) is 5.73 Å². The molecule has 0 aliphatic carbocycles. The lowest BCUT2D eigenvalue weighted by molar-refractivity contribution is 0.153. The Labute approximate surface area is 125 Å². The van der Waals surface area contributed by atoms with E-state index in [-0.39, 0.29) is 11.9 Å². The van der Waals surface area contributed by atoms with Crippen LogP contribution in [-0.2, 0) is 0 Å². The summed E-state index contributed by atoms with van der Waals surface area (Å²) in [5.74, 6) is -0.261. The molecule has 1 aromatic rings. The van der Waals surface area contributed by atoms with Gasteiger partial charge >= 0.3 is 0 Å². The van der Waals surface area contributed by atoms with Gasteiger partial charge in [0.15, 0.2) is 0 Å². The first-order valence-electron chi connectivity index (χ1n) is 7.09. The van der Waals surface area contributed by atoms with Gasteiger partial charge in [-0.2, -0.15) is 0 Å². The van der Waals surface area contributed by atoms with Crippen LogP contribution in [0.3, 0.4) is 0 Å². The van der Waals surface area contributed by atoms with E-state index in [1.165, 1.54) is 6.07 Å². The van der Waals surface area contributed by atoms with Gasteiger partial charge < -0.3 is 10.6 Å². The minimum Gasteiger partial charge on any atom is -0.329 e. The predicted octanol–water partition coefficient (Wildman–Crippen LogP) is 2.50. The number of halogens is 2. The summed E-state index contributed by atoms with van der Waals surface area (Å²) in [5.41, 5.74) is 6.48. The van der Waals surface area contributed by atoms with E-state index in [4.69, 9.17) is 17.3 Å². The zero-order chi connectivity index (χ0) is 14.7. The Morgan fingerprint density at radius 2 is 2.25 bits per heavy atom. The lowest BCUT2D eigenvalue weighted by Crippen LogP contribution is -2.42. The molecule has 1 aliphatic rings. The average molecular weight is 300 g/mol. The Morgan fingerprint density at radius 3 is 2.85 bits per heavy atom. The highest BCUT2D eigenvalue weighted by Gasteiger charge is 2.33. The van der Waals surface area contributed by atoms with Crippen LogP contribution in [-0.4, -0.2) is 49.6 Å². The molecule has 0 saturated carbocycles. The second-order valence-electron chi connectivity index (χ2n) is 5.68. The number of benzene rings is 1. The summed E-state index contributed by atoms with van der Waals surface area (Å²) in [6.45, 7) is 2.29. The molecular weight excluding hydrogens is 277 g/mol. The molecule has 0 bridgehead atoms. The lowest BCUT2D eigenvalue weighted by Gasteiger charge is -2.34. The van der Waals surface area contributed by atoms with Crippen LogP contribution in [0, 0.1) is 5.82 Å². The maximum Gasteiger partial charge on any atom is 0.129 e. The van der Waals surface area contributed by atoms with Crippen LogP contribution in [0.5, 0.6) is 0 Å². The Kier molecular flexibility index (Phi) is 5.38. The molecule has 0 spiro atoms. The number of nitrogens with two attached hydrogens (primary N) is 1. The standard InChI is InChI=1S/C15H23ClFN3/c1-19(2)10-11-5-4-8-20(11)14(9-18)15-12(16)6-3-7-13(15)17/h3,6-7,11,14H,4-5,8-10,18H2,1-2H3. The third-order valence-electron chi connectivity index (χ3n) is 3.96. The van der Waals surface area contributed by atoms with Gasteiger partial charge in [0.05, 0.1) is 6.04 Å². The van der Waals surface area contributed by atoms with Crippen LogP contribution in [0.4, 0.5) is 4.39 Å². The quantitative estimate of drug-likeness (QED) is 0.907. The number of rotatable bonds is 5. The zero-order valence-electron chi connectivity index (χ0n) is 12.1. The number of hydrogen-bond donors (Lipinski definition) is 1. The molecule has 5 heteroatoms. The molecule has 1 fully saturated rings. The summed E-state index contributed by atoms with van der Waals surface area (Å²) in [6.07, 6.45) is 2.25. The first-order valence-corrected chi connectivity index (χ1v) is 7.46. The molecule has 2 N–H and O–H groups in total. The van der Waals surface area contributed by atoms with E-state index < -0.39 is 0 Å². The monoisotopic (exact) mass is 299 g/mol. The molecule has 20 heavy (non-hydrogen) atoms. The average Bonchev–Trinajstić information content (AvgIpc) is 2.81. The van der Waals surface area contributed by atoms with E-state index >= 15 is 0 Å². The van der Waals surface area contributed by atoms with Crippen molar-refractivity contribution in [2.45, 2.75) is 24.9 Å². The number of likely N-dealkylation sites (N-methyl/N-ethyl adjacent to an activating group) is 1. The molecule has 1 heterocycles. The molecule has 2 atom stereocenters. The highest BCUT2D eigenvalue weighted by Crippen LogP contribution is 2.34. The van der Waals surface area contributed by atoms with Gasteiger partial charge in [0, 0.05) is 29.7 Å². The summed E-state index contributed by atoms with van der Waals surface area (Å²) >= 11 is 6.20. The fourth-order valence-electron chi connectivity index (χ4n) is 3.13. The number of hydrogen-bond acceptors (Lipinski definition) is 3. The van der Waals surface area contributed by atoms with Gasteiger partial charge in [-0.3, -0.25) is 4.90 Å². The number of likely N-dealkylation sites (tertiary alicyclic amines) is 1. The van der Waals surface area contributed by atoms with Crippen molar-refractivity contribution in [3.8, 4) is 0 Å². The maximum atomic E-state index is 14.2. The van der Waals surface area contributed by atoms with Crippen LogP contribution < -0.4 is 5.73 Å². The molecular formula is C15H23ClFN3. The van der Waals surface area contributed by atoms with Gasteiger partial charge in [0.2, 0.25) is 0 Å². The first kappa shape index (κ1) is 15.7. The van der Waals surface area contributed by atoms with E-state index in [1.54, 1.807) is 12.1 Å². The van der Waals surface area contributed by atoms with Gasteiger partial charge in [0.1, 0.15) is 5.82 Å². The topological polar surface area (TPSA) is 32.5 Å². The van der Waals surface area contributed by atoms with Crippen molar-refractivity contribution in [1.82, 2.24) is 9.80 Å². The lowest BCUT2D eigenvalue weighted by atomic mass is 10.0. The van der Waals surface area contributed by atoms with Crippen LogP contribution in [0.15, 0.2) is 18.2 Å². The van der Waals surface area contributed by atoms with Crippen molar-refractivity contribution < 1.29 is 4.39 Å². The van der Waals surface area contributed by atoms with E-state index in [0.29, 0.717) is 23.2 Å². The van der Waals surface area contributed by atoms with Crippen molar-refractivity contribution >= 4 is 11.6 Å². The highest BCUT2D eigenvalue weighted by molar-refractivity contribution is 6.31. The van der Waals surface area contributed by atoms with E-state index in [0.717, 1.165) is 25.9 Å². The minimum atomic E-state index is -0.261. The predicted molar refractivity (Wildman–Crippen MR) is 81.5 cm³/mol. The fraction of sp³-hybridized carbons (Fsp3) is 0.600. The fourth-order valence-corrected chi connectivity index (χ4v) is 3.42. The Morgan fingerprint density at radius 1 is 1.50 bits per heavy atom. The van der Waals surface area contributed by atoms with Crippen LogP contribution >= 0.6 is 11.6 Å². The summed E-state index contributed by atoms with van der Waals surface area (Å²) in [6, 6.07) is 5.10. The van der Waals surface area contributed by atoms with E-state index in [9.17, 15) is 4.39 Å². The van der Waals surface area contributed by atoms with Gasteiger partial charge in [-0.15, -0.1) is 0 Å². The van der Waals surface area contributed by atoms with Gasteiger partial charge in [-0.1, -0.05) is 17.7 Å². The Bertz CT molecular complexity index is 432. The highest BCUT2D eigenvalue weighted by atomic mass is 35.5. The first-order chi connectivity index (χ1) is 9.54. The minimum absolute atomic E-state index is 0.142. The largest absolute Gasteiger partial charge is 0.329 e. The second kappa shape index (κ2) is 6.85. The summed E-state index contributed by atoms with van der Waals surface area (Å²) in [7, 11) is 4.12. The molecule has 0 aromatic heterocycles. The molecule has 2 unspecified atom stereocenters. The van der Waals surface area contributed by atoms with Gasteiger partial charge in [-0.25, -0.2) is 4.39 Å². The van der Waals surface area contributed by atoms with Crippen LogP contribution in [0.25, 0.3) is 0 Å². The van der Waals surface area contributed by atoms with Gasteiger partial charge in [-0.05, 0) is 45.6 Å². The van der Waals surface area contributed by atoms with Crippen molar-refractivity contribution in [3.05, 3.63) is 34.6 Å². The second-order valence-corrected chi connectivity index (χ2v) is 6.09. The van der Waals surface area contributed by atoms with Crippen molar-refractivity contribution in [1.29, 1.82) is 0 Å². The van der Waals surface area contributed by atoms with E-state index in [2.05, 4.69) is 23.9 Å². The molecule has 112 valence electrons. The maximum absolute atomic E-state index is 14.2. The smallest absolute Gasteiger partial charge is 0.129 e.